The Morgan fingerprint density at radius 1 is 1.21 bits per heavy atom. The van der Waals surface area contributed by atoms with Gasteiger partial charge in [-0.15, -0.1) is 0 Å². The number of halogens is 1. The van der Waals surface area contributed by atoms with Crippen LogP contribution in [0.1, 0.15) is 44.0 Å². The van der Waals surface area contributed by atoms with Crippen molar-refractivity contribution in [3.63, 3.8) is 0 Å². The van der Waals surface area contributed by atoms with Crippen LogP contribution in [0, 0.1) is 0 Å². The number of carbonyl (C=O) groups is 2. The second-order valence-corrected chi connectivity index (χ2v) is 8.32. The Hall–Kier alpha value is -2.54. The minimum atomic E-state index is -0.512. The second kappa shape index (κ2) is 8.22. The fourth-order valence-electron chi connectivity index (χ4n) is 3.09. The van der Waals surface area contributed by atoms with E-state index in [1.807, 2.05) is 32.9 Å². The Balaban J connectivity index is 1.58. The zero-order chi connectivity index (χ0) is 20.3. The molecule has 1 aromatic carbocycles. The molecular weight excluding hydrogens is 380 g/mol. The molecule has 1 aromatic heterocycles. The molecule has 150 valence electrons. The second-order valence-electron chi connectivity index (χ2n) is 7.88. The van der Waals surface area contributed by atoms with Gasteiger partial charge in [-0.05, 0) is 45.7 Å². The molecule has 1 saturated heterocycles. The van der Waals surface area contributed by atoms with Gasteiger partial charge in [0.1, 0.15) is 5.60 Å². The first-order chi connectivity index (χ1) is 13.2. The maximum atomic E-state index is 12.7. The number of carbonyl (C=O) groups excluding carboxylic acids is 2. The Labute approximate surface area is 169 Å². The van der Waals surface area contributed by atoms with E-state index in [0.717, 1.165) is 5.56 Å². The normalized spacial score (nSPS) is 15.4. The number of likely N-dealkylation sites (tertiary alicyclic amines) is 1. The lowest BCUT2D eigenvalue weighted by atomic mass is 10.0. The van der Waals surface area contributed by atoms with E-state index in [4.69, 9.17) is 16.3 Å². The van der Waals surface area contributed by atoms with Gasteiger partial charge in [-0.1, -0.05) is 23.7 Å². The molecule has 1 fully saturated rings. The van der Waals surface area contributed by atoms with E-state index in [1.54, 1.807) is 17.0 Å². The van der Waals surface area contributed by atoms with Crippen LogP contribution in [0.3, 0.4) is 0 Å². The number of hydrogen-bond donors (Lipinski definition) is 2. The number of aromatic amines is 1. The third-order valence-electron chi connectivity index (χ3n) is 4.50. The van der Waals surface area contributed by atoms with Gasteiger partial charge in [0.05, 0.1) is 17.5 Å². The number of ether oxygens (including phenoxy) is 1. The van der Waals surface area contributed by atoms with Gasteiger partial charge >= 0.3 is 6.09 Å². The molecule has 2 aromatic rings. The van der Waals surface area contributed by atoms with Gasteiger partial charge in [0.25, 0.3) is 5.91 Å². The molecule has 0 unspecified atom stereocenters. The van der Waals surface area contributed by atoms with Crippen molar-refractivity contribution >= 4 is 23.6 Å². The molecule has 28 heavy (non-hydrogen) atoms. The van der Waals surface area contributed by atoms with Crippen molar-refractivity contribution < 1.29 is 14.3 Å². The highest BCUT2D eigenvalue weighted by Gasteiger charge is 2.28. The number of hydrogen-bond acceptors (Lipinski definition) is 4. The van der Waals surface area contributed by atoms with Gasteiger partial charge in [-0.3, -0.25) is 9.89 Å². The maximum Gasteiger partial charge on any atom is 0.410 e. The van der Waals surface area contributed by atoms with Gasteiger partial charge in [0, 0.05) is 29.7 Å². The molecule has 1 aliphatic heterocycles. The summed E-state index contributed by atoms with van der Waals surface area (Å²) in [5, 5.41) is 10.6. The summed E-state index contributed by atoms with van der Waals surface area (Å²) in [4.78, 5) is 26.6. The predicted octanol–water partition coefficient (Wildman–Crippen LogP) is 3.86. The van der Waals surface area contributed by atoms with Gasteiger partial charge < -0.3 is 15.0 Å². The summed E-state index contributed by atoms with van der Waals surface area (Å²) in [6.07, 6.45) is 2.57. The molecule has 1 aliphatic rings. The van der Waals surface area contributed by atoms with Crippen LogP contribution < -0.4 is 5.32 Å². The number of nitrogens with one attached hydrogen (secondary N) is 2. The Bertz CT molecular complexity index is 834. The van der Waals surface area contributed by atoms with Crippen molar-refractivity contribution in [2.45, 2.75) is 45.3 Å². The molecule has 0 spiro atoms. The average molecular weight is 405 g/mol. The summed E-state index contributed by atoms with van der Waals surface area (Å²) in [5.74, 6) is -0.186. The molecule has 0 aliphatic carbocycles. The first-order valence-electron chi connectivity index (χ1n) is 9.31. The number of amides is 2. The number of aromatic nitrogens is 2. The molecular formula is C20H25ClN4O3. The summed E-state index contributed by atoms with van der Waals surface area (Å²) in [5.41, 5.74) is 1.46. The Morgan fingerprint density at radius 2 is 1.86 bits per heavy atom. The molecule has 7 nitrogen and oxygen atoms in total. The van der Waals surface area contributed by atoms with E-state index in [-0.39, 0.29) is 18.0 Å². The fourth-order valence-corrected chi connectivity index (χ4v) is 3.22. The quantitative estimate of drug-likeness (QED) is 0.813. The monoisotopic (exact) mass is 404 g/mol. The molecule has 0 saturated carbocycles. The summed E-state index contributed by atoms with van der Waals surface area (Å²) < 4.78 is 5.40. The Morgan fingerprint density at radius 3 is 2.46 bits per heavy atom. The van der Waals surface area contributed by atoms with Crippen LogP contribution in [0.4, 0.5) is 4.79 Å². The van der Waals surface area contributed by atoms with Crippen LogP contribution in [0.25, 0.3) is 11.3 Å². The fraction of sp³-hybridized carbons (Fsp3) is 0.450. The third-order valence-corrected chi connectivity index (χ3v) is 4.75. The van der Waals surface area contributed by atoms with E-state index >= 15 is 0 Å². The lowest BCUT2D eigenvalue weighted by Crippen LogP contribution is -2.47. The predicted molar refractivity (Wildman–Crippen MR) is 107 cm³/mol. The van der Waals surface area contributed by atoms with Gasteiger partial charge in [-0.25, -0.2) is 4.79 Å². The molecule has 3 rings (SSSR count). The molecule has 2 amide bonds. The standard InChI is InChI=1S/C20H25ClN4O3/c1-20(2,3)28-19(27)25-10-8-15(9-11-25)23-18(26)16-12-22-24-17(16)13-4-6-14(21)7-5-13/h4-7,12,15H,8-11H2,1-3H3,(H,22,24)(H,23,26). The van der Waals surface area contributed by atoms with E-state index in [1.165, 1.54) is 6.20 Å². The van der Waals surface area contributed by atoms with Crippen molar-refractivity contribution in [2.75, 3.05) is 13.1 Å². The summed E-state index contributed by atoms with van der Waals surface area (Å²) >= 11 is 5.93. The lowest BCUT2D eigenvalue weighted by Gasteiger charge is -2.33. The average Bonchev–Trinajstić information content (AvgIpc) is 3.11. The molecule has 0 atom stereocenters. The van der Waals surface area contributed by atoms with Crippen LogP contribution in [-0.4, -0.2) is 51.8 Å². The first-order valence-corrected chi connectivity index (χ1v) is 9.69. The van der Waals surface area contributed by atoms with Crippen molar-refractivity contribution in [1.82, 2.24) is 20.4 Å². The van der Waals surface area contributed by atoms with E-state index < -0.39 is 5.60 Å². The molecule has 0 radical (unpaired) electrons. The third kappa shape index (κ3) is 5.04. The van der Waals surface area contributed by atoms with E-state index in [0.29, 0.717) is 42.2 Å². The van der Waals surface area contributed by atoms with Crippen LogP contribution in [0.5, 0.6) is 0 Å². The minimum absolute atomic E-state index is 0.000783. The van der Waals surface area contributed by atoms with Crippen molar-refractivity contribution in [2.24, 2.45) is 0 Å². The zero-order valence-corrected chi connectivity index (χ0v) is 17.0. The Kier molecular flexibility index (Phi) is 5.93. The zero-order valence-electron chi connectivity index (χ0n) is 16.3. The van der Waals surface area contributed by atoms with Crippen LogP contribution in [-0.2, 0) is 4.74 Å². The van der Waals surface area contributed by atoms with E-state index in [9.17, 15) is 9.59 Å². The number of nitrogens with zero attached hydrogens (tertiary/aromatic N) is 2. The number of benzene rings is 1. The van der Waals surface area contributed by atoms with Crippen LogP contribution in [0.15, 0.2) is 30.5 Å². The number of H-pyrrole nitrogens is 1. The molecule has 8 heteroatoms. The van der Waals surface area contributed by atoms with Crippen molar-refractivity contribution in [3.8, 4) is 11.3 Å². The van der Waals surface area contributed by atoms with E-state index in [2.05, 4.69) is 15.5 Å². The van der Waals surface area contributed by atoms with Crippen LogP contribution >= 0.6 is 11.6 Å². The van der Waals surface area contributed by atoms with Crippen molar-refractivity contribution in [1.29, 1.82) is 0 Å². The molecule has 2 N–H and O–H groups in total. The SMILES string of the molecule is CC(C)(C)OC(=O)N1CCC(NC(=O)c2cn[nH]c2-c2ccc(Cl)cc2)CC1. The van der Waals surface area contributed by atoms with Gasteiger partial charge in [0.2, 0.25) is 0 Å². The highest BCUT2D eigenvalue weighted by atomic mass is 35.5. The topological polar surface area (TPSA) is 87.3 Å². The summed E-state index contributed by atoms with van der Waals surface area (Å²) in [7, 11) is 0. The lowest BCUT2D eigenvalue weighted by molar-refractivity contribution is 0.0199. The van der Waals surface area contributed by atoms with Gasteiger partial charge in [-0.2, -0.15) is 5.10 Å². The smallest absolute Gasteiger partial charge is 0.410 e. The molecule has 0 bridgehead atoms. The number of piperidine rings is 1. The molecule has 2 heterocycles. The minimum Gasteiger partial charge on any atom is -0.444 e. The summed E-state index contributed by atoms with van der Waals surface area (Å²) in [6, 6.07) is 7.22. The highest BCUT2D eigenvalue weighted by Crippen LogP contribution is 2.23. The van der Waals surface area contributed by atoms with Crippen molar-refractivity contribution in [3.05, 3.63) is 41.0 Å². The first kappa shape index (κ1) is 20.2. The maximum absolute atomic E-state index is 12.7. The summed E-state index contributed by atoms with van der Waals surface area (Å²) in [6.45, 7) is 6.65. The number of rotatable bonds is 3. The largest absolute Gasteiger partial charge is 0.444 e. The van der Waals surface area contributed by atoms with Gasteiger partial charge in [0.15, 0.2) is 0 Å². The van der Waals surface area contributed by atoms with Crippen LogP contribution in [0.2, 0.25) is 5.02 Å². The highest BCUT2D eigenvalue weighted by molar-refractivity contribution is 6.30.